The van der Waals surface area contributed by atoms with Gasteiger partial charge in [-0.15, -0.1) is 0 Å². The molecule has 1 N–H and O–H groups in total. The van der Waals surface area contributed by atoms with Crippen molar-refractivity contribution in [1.82, 2.24) is 15.1 Å². The van der Waals surface area contributed by atoms with Crippen LogP contribution in [0.5, 0.6) is 0 Å². The summed E-state index contributed by atoms with van der Waals surface area (Å²) in [7, 11) is 5.51. The van der Waals surface area contributed by atoms with E-state index >= 15 is 0 Å². The highest BCUT2D eigenvalue weighted by atomic mass is 35.5. The molecule has 0 aliphatic carbocycles. The molecule has 1 heterocycles. The van der Waals surface area contributed by atoms with E-state index in [-0.39, 0.29) is 11.9 Å². The molecule has 210 valence electrons. The molecule has 10 heteroatoms. The Balaban J connectivity index is 1.79. The van der Waals surface area contributed by atoms with Gasteiger partial charge in [0.25, 0.3) is 0 Å². The van der Waals surface area contributed by atoms with Gasteiger partial charge in [0.05, 0.1) is 11.6 Å². The minimum absolute atomic E-state index is 0.00113. The zero-order valence-corrected chi connectivity index (χ0v) is 24.1. The predicted molar refractivity (Wildman–Crippen MR) is 149 cm³/mol. The van der Waals surface area contributed by atoms with Gasteiger partial charge in [-0.3, -0.25) is 9.69 Å². The minimum atomic E-state index is -4.41. The maximum Gasteiger partial charge on any atom is 0.416 e. The SMILES string of the molecule is CNC(CC(C)C)c1cc(C(F)(F)F)ccc1N1CCN(C(=O)C(Cc2ccc(Cl)cc2Cl)N(C)C)CC1. The third kappa shape index (κ3) is 7.56. The summed E-state index contributed by atoms with van der Waals surface area (Å²) in [6, 6.07) is 8.66. The van der Waals surface area contributed by atoms with Gasteiger partial charge in [0.1, 0.15) is 0 Å². The van der Waals surface area contributed by atoms with E-state index in [1.54, 1.807) is 25.2 Å². The molecule has 1 amide bonds. The number of piperazine rings is 1. The van der Waals surface area contributed by atoms with E-state index in [9.17, 15) is 18.0 Å². The van der Waals surface area contributed by atoms with Crippen molar-refractivity contribution < 1.29 is 18.0 Å². The first kappa shape index (κ1) is 30.5. The molecule has 2 atom stereocenters. The Morgan fingerprint density at radius 3 is 2.24 bits per heavy atom. The first-order chi connectivity index (χ1) is 17.8. The summed E-state index contributed by atoms with van der Waals surface area (Å²) < 4.78 is 40.7. The molecular formula is C28H37Cl2F3N4O. The highest BCUT2D eigenvalue weighted by Crippen LogP contribution is 2.37. The number of anilines is 1. The standard InChI is InChI=1S/C28H37Cl2F3N4O/c1-18(2)14-24(34-3)22-16-20(28(31,32)33)7-9-25(22)36-10-12-37(13-11-36)27(38)26(35(4)5)15-19-6-8-21(29)17-23(19)30/h6-9,16-18,24,26,34H,10-15H2,1-5H3. The van der Waals surface area contributed by atoms with Gasteiger partial charge in [0, 0.05) is 48.0 Å². The molecule has 1 fully saturated rings. The van der Waals surface area contributed by atoms with E-state index in [0.717, 1.165) is 17.3 Å². The molecule has 0 saturated carbocycles. The summed E-state index contributed by atoms with van der Waals surface area (Å²) in [4.78, 5) is 19.3. The van der Waals surface area contributed by atoms with Crippen molar-refractivity contribution in [3.63, 3.8) is 0 Å². The largest absolute Gasteiger partial charge is 0.416 e. The van der Waals surface area contributed by atoms with Gasteiger partial charge in [0.15, 0.2) is 0 Å². The molecule has 3 rings (SSSR count). The monoisotopic (exact) mass is 572 g/mol. The number of nitrogens with zero attached hydrogens (tertiary/aromatic N) is 3. The van der Waals surface area contributed by atoms with Crippen molar-refractivity contribution in [2.45, 2.75) is 44.9 Å². The number of hydrogen-bond donors (Lipinski definition) is 1. The number of alkyl halides is 3. The molecule has 0 aromatic heterocycles. The van der Waals surface area contributed by atoms with Crippen LogP contribution in [0.1, 0.15) is 43.0 Å². The summed E-state index contributed by atoms with van der Waals surface area (Å²) in [5, 5.41) is 4.28. The van der Waals surface area contributed by atoms with E-state index in [1.807, 2.05) is 30.0 Å². The van der Waals surface area contributed by atoms with Crippen LogP contribution in [0.4, 0.5) is 18.9 Å². The van der Waals surface area contributed by atoms with E-state index in [1.165, 1.54) is 6.07 Å². The van der Waals surface area contributed by atoms with E-state index in [0.29, 0.717) is 60.5 Å². The van der Waals surface area contributed by atoms with Gasteiger partial charge in [-0.05, 0) is 81.4 Å². The lowest BCUT2D eigenvalue weighted by Gasteiger charge is -2.40. The van der Waals surface area contributed by atoms with Crippen LogP contribution in [0.2, 0.25) is 10.0 Å². The average Bonchev–Trinajstić information content (AvgIpc) is 2.85. The van der Waals surface area contributed by atoms with Gasteiger partial charge in [-0.1, -0.05) is 43.1 Å². The van der Waals surface area contributed by atoms with Crippen molar-refractivity contribution in [3.8, 4) is 0 Å². The second kappa shape index (κ2) is 12.9. The summed E-state index contributed by atoms with van der Waals surface area (Å²) in [6.45, 7) is 6.13. The third-order valence-electron chi connectivity index (χ3n) is 7.05. The molecule has 0 radical (unpaired) electrons. The molecule has 0 bridgehead atoms. The maximum absolute atomic E-state index is 13.6. The molecule has 38 heavy (non-hydrogen) atoms. The fourth-order valence-electron chi connectivity index (χ4n) is 4.93. The lowest BCUT2D eigenvalue weighted by molar-refractivity contribution is -0.138. The summed E-state index contributed by atoms with van der Waals surface area (Å²) >= 11 is 12.4. The number of amides is 1. The number of carbonyl (C=O) groups excluding carboxylic acids is 1. The van der Waals surface area contributed by atoms with Crippen molar-refractivity contribution in [2.24, 2.45) is 5.92 Å². The fraction of sp³-hybridized carbons (Fsp3) is 0.536. The van der Waals surface area contributed by atoms with Crippen LogP contribution in [-0.4, -0.2) is 69.1 Å². The number of benzene rings is 2. The van der Waals surface area contributed by atoms with Gasteiger partial charge in [-0.25, -0.2) is 0 Å². The smallest absolute Gasteiger partial charge is 0.368 e. The molecule has 0 spiro atoms. The van der Waals surface area contributed by atoms with Crippen LogP contribution in [0, 0.1) is 5.92 Å². The van der Waals surface area contributed by atoms with Gasteiger partial charge >= 0.3 is 6.18 Å². The van der Waals surface area contributed by atoms with Crippen LogP contribution in [0.3, 0.4) is 0 Å². The highest BCUT2D eigenvalue weighted by Gasteiger charge is 2.34. The van der Waals surface area contributed by atoms with Gasteiger partial charge in [-0.2, -0.15) is 13.2 Å². The van der Waals surface area contributed by atoms with Crippen LogP contribution in [0.15, 0.2) is 36.4 Å². The lowest BCUT2D eigenvalue weighted by atomic mass is 9.93. The molecular weight excluding hydrogens is 536 g/mol. The number of halogens is 5. The molecule has 2 unspecified atom stereocenters. The fourth-order valence-corrected chi connectivity index (χ4v) is 5.42. The van der Waals surface area contributed by atoms with Crippen LogP contribution in [-0.2, 0) is 17.4 Å². The molecule has 2 aromatic carbocycles. The van der Waals surface area contributed by atoms with Crippen LogP contribution in [0.25, 0.3) is 0 Å². The topological polar surface area (TPSA) is 38.8 Å². The number of rotatable bonds is 9. The van der Waals surface area contributed by atoms with E-state index < -0.39 is 17.8 Å². The highest BCUT2D eigenvalue weighted by molar-refractivity contribution is 6.35. The van der Waals surface area contributed by atoms with Gasteiger partial charge < -0.3 is 15.1 Å². The number of carbonyl (C=O) groups is 1. The lowest BCUT2D eigenvalue weighted by Crippen LogP contribution is -2.54. The van der Waals surface area contributed by atoms with E-state index in [4.69, 9.17) is 23.2 Å². The Morgan fingerprint density at radius 2 is 1.71 bits per heavy atom. The van der Waals surface area contributed by atoms with Gasteiger partial charge in [0.2, 0.25) is 5.91 Å². The Morgan fingerprint density at radius 1 is 1.05 bits per heavy atom. The second-order valence-electron chi connectivity index (χ2n) is 10.5. The predicted octanol–water partition coefficient (Wildman–Crippen LogP) is 6.14. The summed E-state index contributed by atoms with van der Waals surface area (Å²) in [5.74, 6) is 0.308. The first-order valence-corrected chi connectivity index (χ1v) is 13.6. The van der Waals surface area contributed by atoms with Crippen LogP contribution < -0.4 is 10.2 Å². The summed E-state index contributed by atoms with van der Waals surface area (Å²) in [6.07, 6.45) is -3.26. The molecule has 1 aliphatic heterocycles. The zero-order valence-electron chi connectivity index (χ0n) is 22.6. The Labute approximate surface area is 233 Å². The number of nitrogens with one attached hydrogen (secondary N) is 1. The molecule has 1 saturated heterocycles. The van der Waals surface area contributed by atoms with Crippen LogP contribution >= 0.6 is 23.2 Å². The Hall–Kier alpha value is -2.00. The van der Waals surface area contributed by atoms with Crippen molar-refractivity contribution in [1.29, 1.82) is 0 Å². The molecule has 2 aromatic rings. The Bertz CT molecular complexity index is 1100. The average molecular weight is 574 g/mol. The maximum atomic E-state index is 13.6. The quantitative estimate of drug-likeness (QED) is 0.391. The Kier molecular flexibility index (Phi) is 10.4. The molecule has 5 nitrogen and oxygen atoms in total. The number of likely N-dealkylation sites (N-methyl/N-ethyl adjacent to an activating group) is 1. The zero-order chi connectivity index (χ0) is 28.2. The first-order valence-electron chi connectivity index (χ1n) is 12.8. The molecule has 1 aliphatic rings. The normalized spacial score (nSPS) is 16.3. The van der Waals surface area contributed by atoms with Crippen molar-refractivity contribution in [2.75, 3.05) is 52.2 Å². The minimum Gasteiger partial charge on any atom is -0.368 e. The summed E-state index contributed by atoms with van der Waals surface area (Å²) in [5.41, 5.74) is 1.62. The second-order valence-corrected chi connectivity index (χ2v) is 11.3. The van der Waals surface area contributed by atoms with Crippen molar-refractivity contribution in [3.05, 3.63) is 63.1 Å². The third-order valence-corrected chi connectivity index (χ3v) is 7.64. The number of hydrogen-bond acceptors (Lipinski definition) is 4. The van der Waals surface area contributed by atoms with E-state index in [2.05, 4.69) is 24.1 Å². The van der Waals surface area contributed by atoms with Crippen molar-refractivity contribution >= 4 is 34.8 Å².